The van der Waals surface area contributed by atoms with Gasteiger partial charge in [-0.05, 0) is 43.5 Å². The minimum Gasteiger partial charge on any atom is -0.316 e. The maximum absolute atomic E-state index is 13.8. The largest absolute Gasteiger partial charge is 0.316 e. The summed E-state index contributed by atoms with van der Waals surface area (Å²) in [5.41, 5.74) is 0.387. The Kier molecular flexibility index (Phi) is 5.29. The van der Waals surface area contributed by atoms with E-state index < -0.39 is 26.6 Å². The molecule has 0 unspecified atom stereocenters. The first-order valence-electron chi connectivity index (χ1n) is 7.06. The zero-order chi connectivity index (χ0) is 15.5. The Morgan fingerprint density at radius 2 is 1.90 bits per heavy atom. The van der Waals surface area contributed by atoms with Crippen molar-refractivity contribution >= 4 is 10.0 Å². The fourth-order valence-corrected chi connectivity index (χ4v) is 3.89. The lowest BCUT2D eigenvalue weighted by Gasteiger charge is -2.13. The molecule has 0 atom stereocenters. The van der Waals surface area contributed by atoms with Crippen LogP contribution in [0.2, 0.25) is 0 Å². The second-order valence-electron chi connectivity index (χ2n) is 5.42. The second-order valence-corrected chi connectivity index (χ2v) is 7.16. The average Bonchev–Trinajstić information content (AvgIpc) is 2.94. The summed E-state index contributed by atoms with van der Waals surface area (Å²) in [6.45, 7) is 0.544. The first-order chi connectivity index (χ1) is 9.94. The zero-order valence-corrected chi connectivity index (χ0v) is 12.8. The Morgan fingerprint density at radius 1 is 1.24 bits per heavy atom. The van der Waals surface area contributed by atoms with Crippen molar-refractivity contribution in [2.75, 3.05) is 13.6 Å². The van der Waals surface area contributed by atoms with Crippen molar-refractivity contribution in [1.82, 2.24) is 10.0 Å². The summed E-state index contributed by atoms with van der Waals surface area (Å²) in [6, 6.07) is 2.17. The lowest BCUT2D eigenvalue weighted by Crippen LogP contribution is -2.29. The summed E-state index contributed by atoms with van der Waals surface area (Å²) in [4.78, 5) is -0.620. The molecular formula is C14H20F2N2O2S. The number of rotatable bonds is 6. The van der Waals surface area contributed by atoms with Crippen molar-refractivity contribution in [2.45, 2.75) is 37.1 Å². The molecule has 1 aromatic carbocycles. The van der Waals surface area contributed by atoms with E-state index in [4.69, 9.17) is 0 Å². The summed E-state index contributed by atoms with van der Waals surface area (Å²) >= 11 is 0. The van der Waals surface area contributed by atoms with Crippen LogP contribution in [-0.2, 0) is 16.6 Å². The normalized spacial score (nSPS) is 16.5. The molecule has 4 nitrogen and oxygen atoms in total. The van der Waals surface area contributed by atoms with E-state index in [0.29, 0.717) is 5.56 Å². The number of hydrogen-bond donors (Lipinski definition) is 2. The molecule has 0 aliphatic heterocycles. The first-order valence-corrected chi connectivity index (χ1v) is 8.54. The van der Waals surface area contributed by atoms with Gasteiger partial charge in [0.15, 0.2) is 11.6 Å². The van der Waals surface area contributed by atoms with Gasteiger partial charge in [0.1, 0.15) is 4.90 Å². The highest BCUT2D eigenvalue weighted by atomic mass is 32.2. The maximum Gasteiger partial charge on any atom is 0.243 e. The summed E-state index contributed by atoms with van der Waals surface area (Å²) in [7, 11) is -2.39. The van der Waals surface area contributed by atoms with Crippen LogP contribution in [-0.4, -0.2) is 22.0 Å². The molecule has 1 saturated carbocycles. The molecule has 0 spiro atoms. The van der Waals surface area contributed by atoms with Crippen LogP contribution in [0.25, 0.3) is 0 Å². The molecule has 0 radical (unpaired) electrons. The van der Waals surface area contributed by atoms with Gasteiger partial charge < -0.3 is 5.32 Å². The molecule has 0 saturated heterocycles. The highest BCUT2D eigenvalue weighted by Crippen LogP contribution is 2.25. The van der Waals surface area contributed by atoms with Crippen LogP contribution in [0.3, 0.4) is 0 Å². The van der Waals surface area contributed by atoms with Gasteiger partial charge >= 0.3 is 0 Å². The van der Waals surface area contributed by atoms with Gasteiger partial charge in [-0.2, -0.15) is 0 Å². The highest BCUT2D eigenvalue weighted by molar-refractivity contribution is 7.89. The van der Waals surface area contributed by atoms with E-state index in [9.17, 15) is 17.2 Å². The van der Waals surface area contributed by atoms with Crippen LogP contribution in [0.5, 0.6) is 0 Å². The van der Waals surface area contributed by atoms with Gasteiger partial charge in [-0.3, -0.25) is 0 Å². The van der Waals surface area contributed by atoms with E-state index in [1.165, 1.54) is 6.07 Å². The molecular weight excluding hydrogens is 298 g/mol. The molecule has 0 amide bonds. The number of nitrogens with one attached hydrogen (secondary N) is 2. The van der Waals surface area contributed by atoms with Gasteiger partial charge in [0.2, 0.25) is 10.0 Å². The predicted octanol–water partition coefficient (Wildman–Crippen LogP) is 2.15. The summed E-state index contributed by atoms with van der Waals surface area (Å²) in [5.74, 6) is -2.19. The van der Waals surface area contributed by atoms with E-state index in [1.807, 2.05) is 0 Å². The Labute approximate surface area is 124 Å². The van der Waals surface area contributed by atoms with E-state index in [1.54, 1.807) is 7.05 Å². The van der Waals surface area contributed by atoms with Crippen LogP contribution in [0.1, 0.15) is 31.2 Å². The topological polar surface area (TPSA) is 58.2 Å². The number of sulfonamides is 1. The van der Waals surface area contributed by atoms with Crippen LogP contribution in [0.15, 0.2) is 17.0 Å². The van der Waals surface area contributed by atoms with Gasteiger partial charge in [0.05, 0.1) is 0 Å². The van der Waals surface area contributed by atoms with Gasteiger partial charge in [0, 0.05) is 13.1 Å². The van der Waals surface area contributed by atoms with Crippen LogP contribution >= 0.6 is 0 Å². The lowest BCUT2D eigenvalue weighted by molar-refractivity contribution is 0.477. The molecule has 0 heterocycles. The monoisotopic (exact) mass is 318 g/mol. The van der Waals surface area contributed by atoms with E-state index in [0.717, 1.165) is 31.7 Å². The predicted molar refractivity (Wildman–Crippen MR) is 76.3 cm³/mol. The molecule has 0 aromatic heterocycles. The Morgan fingerprint density at radius 3 is 2.52 bits per heavy atom. The van der Waals surface area contributed by atoms with Crippen molar-refractivity contribution in [1.29, 1.82) is 0 Å². The van der Waals surface area contributed by atoms with Crippen LogP contribution in [0.4, 0.5) is 8.78 Å². The summed E-state index contributed by atoms with van der Waals surface area (Å²) in [6.07, 6.45) is 4.12. The van der Waals surface area contributed by atoms with Crippen molar-refractivity contribution in [2.24, 2.45) is 5.92 Å². The SMILES string of the molecule is CNCc1cc(F)c(F)c(S(=O)(=O)NCC2CCCC2)c1. The van der Waals surface area contributed by atoms with Gasteiger partial charge in [-0.1, -0.05) is 12.8 Å². The molecule has 1 aliphatic rings. The number of halogens is 2. The Bertz CT molecular complexity index is 599. The third-order valence-electron chi connectivity index (χ3n) is 3.76. The van der Waals surface area contributed by atoms with Crippen LogP contribution in [0, 0.1) is 17.6 Å². The molecule has 21 heavy (non-hydrogen) atoms. The fraction of sp³-hybridized carbons (Fsp3) is 0.571. The fourth-order valence-electron chi connectivity index (χ4n) is 2.64. The zero-order valence-electron chi connectivity index (χ0n) is 12.0. The third-order valence-corrected chi connectivity index (χ3v) is 5.18. The molecule has 2 N–H and O–H groups in total. The Balaban J connectivity index is 2.21. The third kappa shape index (κ3) is 3.99. The first kappa shape index (κ1) is 16.3. The number of benzene rings is 1. The van der Waals surface area contributed by atoms with Gasteiger partial charge in [0.25, 0.3) is 0 Å². The van der Waals surface area contributed by atoms with E-state index >= 15 is 0 Å². The molecule has 1 aromatic rings. The van der Waals surface area contributed by atoms with Crippen molar-refractivity contribution in [3.63, 3.8) is 0 Å². The van der Waals surface area contributed by atoms with Crippen LogP contribution < -0.4 is 10.0 Å². The maximum atomic E-state index is 13.8. The molecule has 1 fully saturated rings. The molecule has 118 valence electrons. The molecule has 2 rings (SSSR count). The number of hydrogen-bond acceptors (Lipinski definition) is 3. The van der Waals surface area contributed by atoms with Crippen molar-refractivity contribution in [3.8, 4) is 0 Å². The van der Waals surface area contributed by atoms with Crippen molar-refractivity contribution < 1.29 is 17.2 Å². The van der Waals surface area contributed by atoms with Crippen molar-refractivity contribution in [3.05, 3.63) is 29.3 Å². The molecule has 1 aliphatic carbocycles. The smallest absolute Gasteiger partial charge is 0.243 e. The standard InChI is InChI=1S/C14H20F2N2O2S/c1-17-8-11-6-12(15)14(16)13(7-11)21(19,20)18-9-10-4-2-3-5-10/h6-7,10,17-18H,2-5,8-9H2,1H3. The molecule has 7 heteroatoms. The average molecular weight is 318 g/mol. The Hall–Kier alpha value is -1.05. The molecule has 0 bridgehead atoms. The van der Waals surface area contributed by atoms with Gasteiger partial charge in [-0.15, -0.1) is 0 Å². The lowest BCUT2D eigenvalue weighted by atomic mass is 10.1. The summed E-state index contributed by atoms with van der Waals surface area (Å²) in [5, 5.41) is 2.78. The van der Waals surface area contributed by atoms with E-state index in [2.05, 4.69) is 10.0 Å². The summed E-state index contributed by atoms with van der Waals surface area (Å²) < 4.78 is 54.1. The minimum absolute atomic E-state index is 0.266. The second kappa shape index (κ2) is 6.81. The highest BCUT2D eigenvalue weighted by Gasteiger charge is 2.24. The van der Waals surface area contributed by atoms with Gasteiger partial charge in [-0.25, -0.2) is 21.9 Å². The van der Waals surface area contributed by atoms with E-state index in [-0.39, 0.29) is 19.0 Å². The quantitative estimate of drug-likeness (QED) is 0.845. The minimum atomic E-state index is -4.03.